The molecule has 18 heavy (non-hydrogen) atoms. The monoisotopic (exact) mass is 255 g/mol. The first kappa shape index (κ1) is 11.4. The highest BCUT2D eigenvalue weighted by Crippen LogP contribution is 2.38. The van der Waals surface area contributed by atoms with E-state index in [1.807, 2.05) is 42.5 Å². The van der Waals surface area contributed by atoms with Crippen molar-refractivity contribution in [2.24, 2.45) is 0 Å². The summed E-state index contributed by atoms with van der Waals surface area (Å²) in [7, 11) is 0. The summed E-state index contributed by atoms with van der Waals surface area (Å²) in [6.45, 7) is 0.669. The van der Waals surface area contributed by atoms with Crippen molar-refractivity contribution in [1.29, 1.82) is 0 Å². The van der Waals surface area contributed by atoms with E-state index in [1.54, 1.807) is 11.8 Å². The summed E-state index contributed by atoms with van der Waals surface area (Å²) in [4.78, 5) is 13.0. The van der Waals surface area contributed by atoms with Gasteiger partial charge in [0.05, 0.1) is 10.8 Å². The molecule has 0 spiro atoms. The van der Waals surface area contributed by atoms with Crippen molar-refractivity contribution >= 4 is 17.7 Å². The van der Waals surface area contributed by atoms with Crippen LogP contribution in [0.2, 0.25) is 0 Å². The standard InChI is InChI=1S/C15H13NOS/c17-15-12-8-4-5-9-13(12)18-14(10-16-15)11-6-2-1-3-7-11/h1-9,14H,10H2,(H,16,17). The average molecular weight is 255 g/mol. The number of amides is 1. The molecule has 3 heteroatoms. The average Bonchev–Trinajstić information content (AvgIpc) is 2.60. The lowest BCUT2D eigenvalue weighted by atomic mass is 10.1. The van der Waals surface area contributed by atoms with Gasteiger partial charge in [-0.25, -0.2) is 0 Å². The van der Waals surface area contributed by atoms with Crippen molar-refractivity contribution in [3.05, 3.63) is 65.7 Å². The van der Waals surface area contributed by atoms with Gasteiger partial charge in [0.2, 0.25) is 0 Å². The predicted octanol–water partition coefficient (Wildman–Crippen LogP) is 3.26. The first-order chi connectivity index (χ1) is 8.84. The molecule has 0 fully saturated rings. The Bertz CT molecular complexity index is 568. The number of hydrogen-bond acceptors (Lipinski definition) is 2. The molecule has 1 unspecified atom stereocenters. The fourth-order valence-corrected chi connectivity index (χ4v) is 3.30. The minimum atomic E-state index is 0.0246. The van der Waals surface area contributed by atoms with Crippen LogP contribution in [0.5, 0.6) is 0 Å². The van der Waals surface area contributed by atoms with Gasteiger partial charge in [0, 0.05) is 11.4 Å². The van der Waals surface area contributed by atoms with Crippen LogP contribution in [0.4, 0.5) is 0 Å². The van der Waals surface area contributed by atoms with Gasteiger partial charge in [0.1, 0.15) is 0 Å². The minimum Gasteiger partial charge on any atom is -0.351 e. The van der Waals surface area contributed by atoms with Crippen LogP contribution in [0, 0.1) is 0 Å². The third-order valence-electron chi connectivity index (χ3n) is 3.02. The van der Waals surface area contributed by atoms with Crippen LogP contribution < -0.4 is 5.32 Å². The molecule has 90 valence electrons. The highest BCUT2D eigenvalue weighted by Gasteiger charge is 2.22. The molecule has 1 N–H and O–H groups in total. The zero-order valence-corrected chi connectivity index (χ0v) is 10.6. The lowest BCUT2D eigenvalue weighted by Crippen LogP contribution is -2.25. The fourth-order valence-electron chi connectivity index (χ4n) is 2.09. The summed E-state index contributed by atoms with van der Waals surface area (Å²) in [5.41, 5.74) is 2.03. The number of nitrogens with one attached hydrogen (secondary N) is 1. The highest BCUT2D eigenvalue weighted by atomic mass is 32.2. The molecule has 1 atom stereocenters. The van der Waals surface area contributed by atoms with Crippen molar-refractivity contribution < 1.29 is 4.79 Å². The van der Waals surface area contributed by atoms with E-state index in [-0.39, 0.29) is 11.2 Å². The molecule has 0 bridgehead atoms. The van der Waals surface area contributed by atoms with Crippen molar-refractivity contribution in [3.8, 4) is 0 Å². The van der Waals surface area contributed by atoms with E-state index in [9.17, 15) is 4.79 Å². The number of thioether (sulfide) groups is 1. The SMILES string of the molecule is O=C1NCC(c2ccccc2)Sc2ccccc21. The molecule has 0 saturated heterocycles. The summed E-state index contributed by atoms with van der Waals surface area (Å²) < 4.78 is 0. The molecule has 0 radical (unpaired) electrons. The Morgan fingerprint density at radius 3 is 2.56 bits per heavy atom. The number of fused-ring (bicyclic) bond motifs is 1. The van der Waals surface area contributed by atoms with Crippen molar-refractivity contribution in [1.82, 2.24) is 5.32 Å². The van der Waals surface area contributed by atoms with Gasteiger partial charge in [-0.15, -0.1) is 11.8 Å². The Kier molecular flexibility index (Phi) is 3.07. The molecular formula is C15H13NOS. The van der Waals surface area contributed by atoms with Crippen LogP contribution in [-0.4, -0.2) is 12.5 Å². The second-order valence-corrected chi connectivity index (χ2v) is 5.47. The van der Waals surface area contributed by atoms with E-state index in [2.05, 4.69) is 17.4 Å². The van der Waals surface area contributed by atoms with Gasteiger partial charge < -0.3 is 5.32 Å². The van der Waals surface area contributed by atoms with Crippen LogP contribution in [0.3, 0.4) is 0 Å². The van der Waals surface area contributed by atoms with Gasteiger partial charge in [-0.3, -0.25) is 4.79 Å². The van der Waals surface area contributed by atoms with Gasteiger partial charge in [0.25, 0.3) is 5.91 Å². The molecule has 0 aromatic heterocycles. The van der Waals surface area contributed by atoms with Crippen molar-refractivity contribution in [3.63, 3.8) is 0 Å². The number of carbonyl (C=O) groups is 1. The third kappa shape index (κ3) is 2.14. The molecule has 1 aliphatic heterocycles. The molecule has 1 aliphatic rings. The number of rotatable bonds is 1. The lowest BCUT2D eigenvalue weighted by Gasteiger charge is -2.14. The maximum Gasteiger partial charge on any atom is 0.252 e. The maximum atomic E-state index is 12.0. The zero-order chi connectivity index (χ0) is 12.4. The number of hydrogen-bond donors (Lipinski definition) is 1. The molecule has 1 amide bonds. The summed E-state index contributed by atoms with van der Waals surface area (Å²) in [5, 5.41) is 3.27. The Morgan fingerprint density at radius 1 is 1.00 bits per heavy atom. The summed E-state index contributed by atoms with van der Waals surface area (Å²) >= 11 is 1.75. The molecule has 0 aliphatic carbocycles. The largest absolute Gasteiger partial charge is 0.351 e. The van der Waals surface area contributed by atoms with Crippen LogP contribution in [0.25, 0.3) is 0 Å². The summed E-state index contributed by atoms with van der Waals surface area (Å²) in [5.74, 6) is 0.0246. The molecule has 2 aromatic rings. The van der Waals surface area contributed by atoms with E-state index >= 15 is 0 Å². The Labute approximate surface area is 110 Å². The van der Waals surface area contributed by atoms with E-state index in [1.165, 1.54) is 5.56 Å². The first-order valence-electron chi connectivity index (χ1n) is 5.93. The third-order valence-corrected chi connectivity index (χ3v) is 4.35. The number of carbonyl (C=O) groups excluding carboxylic acids is 1. The summed E-state index contributed by atoms with van der Waals surface area (Å²) in [6.07, 6.45) is 0. The van der Waals surface area contributed by atoms with Crippen LogP contribution in [-0.2, 0) is 0 Å². The Balaban J connectivity index is 1.97. The molecule has 0 saturated carbocycles. The minimum absolute atomic E-state index is 0.0246. The molecule has 2 aromatic carbocycles. The normalized spacial score (nSPS) is 18.7. The number of benzene rings is 2. The van der Waals surface area contributed by atoms with Gasteiger partial charge in [-0.05, 0) is 17.7 Å². The van der Waals surface area contributed by atoms with Crippen molar-refractivity contribution in [2.75, 3.05) is 6.54 Å². The van der Waals surface area contributed by atoms with E-state index in [0.29, 0.717) is 6.54 Å². The molecule has 2 nitrogen and oxygen atoms in total. The van der Waals surface area contributed by atoms with Gasteiger partial charge >= 0.3 is 0 Å². The van der Waals surface area contributed by atoms with Crippen molar-refractivity contribution in [2.45, 2.75) is 10.1 Å². The predicted molar refractivity (Wildman–Crippen MR) is 73.8 cm³/mol. The molecular weight excluding hydrogens is 242 g/mol. The van der Waals surface area contributed by atoms with E-state index in [0.717, 1.165) is 10.5 Å². The maximum absolute atomic E-state index is 12.0. The second kappa shape index (κ2) is 4.86. The smallest absolute Gasteiger partial charge is 0.252 e. The van der Waals surface area contributed by atoms with E-state index in [4.69, 9.17) is 0 Å². The first-order valence-corrected chi connectivity index (χ1v) is 6.81. The van der Waals surface area contributed by atoms with E-state index < -0.39 is 0 Å². The van der Waals surface area contributed by atoms with Crippen LogP contribution in [0.15, 0.2) is 59.5 Å². The quantitative estimate of drug-likeness (QED) is 0.847. The van der Waals surface area contributed by atoms with Gasteiger partial charge in [0.15, 0.2) is 0 Å². The zero-order valence-electron chi connectivity index (χ0n) is 9.80. The molecule has 1 heterocycles. The second-order valence-electron chi connectivity index (χ2n) is 4.22. The molecule has 3 rings (SSSR count). The van der Waals surface area contributed by atoms with Crippen LogP contribution in [0.1, 0.15) is 21.2 Å². The summed E-state index contributed by atoms with van der Waals surface area (Å²) in [6, 6.07) is 18.1. The topological polar surface area (TPSA) is 29.1 Å². The highest BCUT2D eigenvalue weighted by molar-refractivity contribution is 7.99. The Morgan fingerprint density at radius 2 is 1.72 bits per heavy atom. The lowest BCUT2D eigenvalue weighted by molar-refractivity contribution is 0.0952. The Hall–Kier alpha value is -1.74. The fraction of sp³-hybridized carbons (Fsp3) is 0.133. The van der Waals surface area contributed by atoms with Gasteiger partial charge in [-0.2, -0.15) is 0 Å². The van der Waals surface area contributed by atoms with Crippen LogP contribution >= 0.6 is 11.8 Å². The van der Waals surface area contributed by atoms with Gasteiger partial charge in [-0.1, -0.05) is 42.5 Å².